The molecule has 2 aromatic rings. The second-order valence-corrected chi connectivity index (χ2v) is 5.31. The minimum Gasteiger partial charge on any atom is -0.493 e. The summed E-state index contributed by atoms with van der Waals surface area (Å²) in [6, 6.07) is 8.43. The van der Waals surface area contributed by atoms with Crippen LogP contribution in [-0.4, -0.2) is 44.7 Å². The van der Waals surface area contributed by atoms with Crippen molar-refractivity contribution >= 4 is 23.3 Å². The van der Waals surface area contributed by atoms with Gasteiger partial charge >= 0.3 is 11.7 Å². The summed E-state index contributed by atoms with van der Waals surface area (Å²) in [4.78, 5) is 34.6. The van der Waals surface area contributed by atoms with E-state index in [9.17, 15) is 19.7 Å². The number of nitrogens with zero attached hydrogens (tertiary/aromatic N) is 1. The van der Waals surface area contributed by atoms with Gasteiger partial charge in [0.2, 0.25) is 0 Å². The second kappa shape index (κ2) is 9.21. The number of nitrogens with one attached hydrogen (secondary N) is 1. The first-order valence-electron chi connectivity index (χ1n) is 7.91. The Labute approximate surface area is 160 Å². The minimum absolute atomic E-state index is 0.0409. The normalized spacial score (nSPS) is 9.96. The van der Waals surface area contributed by atoms with E-state index in [1.807, 2.05) is 0 Å². The molecule has 0 aliphatic heterocycles. The van der Waals surface area contributed by atoms with Gasteiger partial charge in [0.15, 0.2) is 23.9 Å². The fraction of sp³-hybridized carbons (Fsp3) is 0.222. The van der Waals surface area contributed by atoms with Gasteiger partial charge in [0, 0.05) is 18.2 Å². The number of ether oxygens (including phenoxy) is 4. The molecule has 0 saturated heterocycles. The number of nitro benzene ring substituents is 1. The van der Waals surface area contributed by atoms with E-state index in [1.165, 1.54) is 51.7 Å². The number of para-hydroxylation sites is 2. The molecule has 0 atom stereocenters. The van der Waals surface area contributed by atoms with Crippen molar-refractivity contribution in [1.29, 1.82) is 0 Å². The van der Waals surface area contributed by atoms with Gasteiger partial charge in [0.25, 0.3) is 5.91 Å². The molecule has 0 fully saturated rings. The molecule has 0 aliphatic rings. The SMILES string of the molecule is COC(=O)c1cc(OC)c(OC)cc1NC(=O)COc1ccccc1[N+](=O)[O-]. The Morgan fingerprint density at radius 1 is 1.04 bits per heavy atom. The molecule has 1 N–H and O–H groups in total. The third-order valence-electron chi connectivity index (χ3n) is 3.62. The van der Waals surface area contributed by atoms with Gasteiger partial charge < -0.3 is 24.3 Å². The number of nitro groups is 1. The molecule has 0 spiro atoms. The number of carbonyl (C=O) groups excluding carboxylic acids is 2. The topological polar surface area (TPSA) is 126 Å². The van der Waals surface area contributed by atoms with E-state index in [-0.39, 0.29) is 34.2 Å². The van der Waals surface area contributed by atoms with Crippen molar-refractivity contribution in [2.75, 3.05) is 33.3 Å². The number of carbonyl (C=O) groups is 2. The van der Waals surface area contributed by atoms with Crippen LogP contribution in [0.3, 0.4) is 0 Å². The molecule has 0 aliphatic carbocycles. The zero-order valence-corrected chi connectivity index (χ0v) is 15.4. The Balaban J connectivity index is 2.21. The van der Waals surface area contributed by atoms with Gasteiger partial charge in [-0.2, -0.15) is 0 Å². The van der Waals surface area contributed by atoms with Crippen LogP contribution >= 0.6 is 0 Å². The molecular weight excluding hydrogens is 372 g/mol. The lowest BCUT2D eigenvalue weighted by Gasteiger charge is -2.15. The average Bonchev–Trinajstić information content (AvgIpc) is 2.71. The predicted octanol–water partition coefficient (Wildman–Crippen LogP) is 2.42. The molecule has 2 aromatic carbocycles. The van der Waals surface area contributed by atoms with Crippen molar-refractivity contribution in [3.05, 3.63) is 52.1 Å². The summed E-state index contributed by atoms with van der Waals surface area (Å²) in [6.07, 6.45) is 0. The monoisotopic (exact) mass is 390 g/mol. The fourth-order valence-corrected chi connectivity index (χ4v) is 2.32. The summed E-state index contributed by atoms with van der Waals surface area (Å²) in [6.45, 7) is -0.514. The number of methoxy groups -OCH3 is 3. The number of benzene rings is 2. The van der Waals surface area contributed by atoms with Crippen LogP contribution in [0.1, 0.15) is 10.4 Å². The van der Waals surface area contributed by atoms with Crippen LogP contribution in [0.5, 0.6) is 17.2 Å². The third kappa shape index (κ3) is 4.67. The second-order valence-electron chi connectivity index (χ2n) is 5.31. The third-order valence-corrected chi connectivity index (χ3v) is 3.62. The van der Waals surface area contributed by atoms with Crippen molar-refractivity contribution in [3.8, 4) is 17.2 Å². The van der Waals surface area contributed by atoms with Crippen LogP contribution in [0.25, 0.3) is 0 Å². The zero-order valence-electron chi connectivity index (χ0n) is 15.4. The van der Waals surface area contributed by atoms with Gasteiger partial charge in [-0.3, -0.25) is 14.9 Å². The van der Waals surface area contributed by atoms with Crippen LogP contribution in [0, 0.1) is 10.1 Å². The summed E-state index contributed by atoms with van der Waals surface area (Å²) in [5.41, 5.74) is -0.114. The summed E-state index contributed by atoms with van der Waals surface area (Å²) in [5, 5.41) is 13.5. The van der Waals surface area contributed by atoms with Gasteiger partial charge in [-0.05, 0) is 6.07 Å². The van der Waals surface area contributed by atoms with E-state index in [0.29, 0.717) is 0 Å². The highest BCUT2D eigenvalue weighted by atomic mass is 16.6. The van der Waals surface area contributed by atoms with Crippen LogP contribution in [-0.2, 0) is 9.53 Å². The number of anilines is 1. The van der Waals surface area contributed by atoms with Crippen LogP contribution in [0.2, 0.25) is 0 Å². The molecule has 148 valence electrons. The van der Waals surface area contributed by atoms with Gasteiger partial charge in [-0.15, -0.1) is 0 Å². The van der Waals surface area contributed by atoms with E-state index in [0.717, 1.165) is 0 Å². The van der Waals surface area contributed by atoms with Gasteiger partial charge in [0.05, 0.1) is 37.5 Å². The Bertz CT molecular complexity index is 897. The lowest BCUT2D eigenvalue weighted by Crippen LogP contribution is -2.22. The first-order valence-corrected chi connectivity index (χ1v) is 7.91. The smallest absolute Gasteiger partial charge is 0.340 e. The molecule has 0 bridgehead atoms. The molecule has 10 nitrogen and oxygen atoms in total. The maximum absolute atomic E-state index is 12.3. The zero-order chi connectivity index (χ0) is 20.7. The number of esters is 1. The summed E-state index contributed by atoms with van der Waals surface area (Å²) >= 11 is 0. The van der Waals surface area contributed by atoms with Gasteiger partial charge in [0.1, 0.15) is 0 Å². The Kier molecular flexibility index (Phi) is 6.74. The highest BCUT2D eigenvalue weighted by molar-refractivity contribution is 6.02. The van der Waals surface area contributed by atoms with Crippen LogP contribution in [0.15, 0.2) is 36.4 Å². The molecule has 0 unspecified atom stereocenters. The highest BCUT2D eigenvalue weighted by Crippen LogP contribution is 2.34. The first-order chi connectivity index (χ1) is 13.4. The van der Waals surface area contributed by atoms with Crippen LogP contribution < -0.4 is 19.5 Å². The van der Waals surface area contributed by atoms with Crippen molar-refractivity contribution in [2.45, 2.75) is 0 Å². The van der Waals surface area contributed by atoms with E-state index < -0.39 is 23.4 Å². The molecule has 0 heterocycles. The van der Waals surface area contributed by atoms with Crippen molar-refractivity contribution in [2.24, 2.45) is 0 Å². The molecule has 28 heavy (non-hydrogen) atoms. The fourth-order valence-electron chi connectivity index (χ4n) is 2.32. The van der Waals surface area contributed by atoms with Crippen molar-refractivity contribution < 1.29 is 33.5 Å². The maximum Gasteiger partial charge on any atom is 0.340 e. The predicted molar refractivity (Wildman–Crippen MR) is 98.1 cm³/mol. The van der Waals surface area contributed by atoms with E-state index in [1.54, 1.807) is 6.07 Å². The van der Waals surface area contributed by atoms with E-state index in [4.69, 9.17) is 18.9 Å². The molecule has 0 saturated carbocycles. The maximum atomic E-state index is 12.3. The quantitative estimate of drug-likeness (QED) is 0.414. The van der Waals surface area contributed by atoms with E-state index in [2.05, 4.69) is 5.32 Å². The number of amides is 1. The first kappa shape index (κ1) is 20.5. The molecule has 0 radical (unpaired) electrons. The molecule has 2 rings (SSSR count). The van der Waals surface area contributed by atoms with Crippen molar-refractivity contribution in [1.82, 2.24) is 0 Å². The minimum atomic E-state index is -0.698. The number of hydrogen-bond acceptors (Lipinski definition) is 8. The molecule has 10 heteroatoms. The molecule has 0 aromatic heterocycles. The lowest BCUT2D eigenvalue weighted by molar-refractivity contribution is -0.385. The van der Waals surface area contributed by atoms with Gasteiger partial charge in [-0.25, -0.2) is 4.79 Å². The molecular formula is C18H18N2O8. The summed E-state index contributed by atoms with van der Waals surface area (Å²) < 4.78 is 20.2. The highest BCUT2D eigenvalue weighted by Gasteiger charge is 2.20. The van der Waals surface area contributed by atoms with E-state index >= 15 is 0 Å². The number of rotatable bonds is 8. The Morgan fingerprint density at radius 3 is 2.29 bits per heavy atom. The standard InChI is InChI=1S/C18H18N2O8/c1-25-15-8-11(18(22)27-3)12(9-16(15)26-2)19-17(21)10-28-14-7-5-4-6-13(14)20(23)24/h4-9H,10H2,1-3H3,(H,19,21). The lowest BCUT2D eigenvalue weighted by atomic mass is 10.1. The summed E-state index contributed by atoms with van der Waals surface area (Å²) in [5.74, 6) is -0.836. The Morgan fingerprint density at radius 2 is 1.68 bits per heavy atom. The average molecular weight is 390 g/mol. The summed E-state index contributed by atoms with van der Waals surface area (Å²) in [7, 11) is 4.00. The van der Waals surface area contributed by atoms with Crippen molar-refractivity contribution in [3.63, 3.8) is 0 Å². The number of hydrogen-bond donors (Lipinski definition) is 1. The van der Waals surface area contributed by atoms with Gasteiger partial charge in [-0.1, -0.05) is 12.1 Å². The van der Waals surface area contributed by atoms with Crippen LogP contribution in [0.4, 0.5) is 11.4 Å². The Hall–Kier alpha value is -3.82. The largest absolute Gasteiger partial charge is 0.493 e. The molecule has 1 amide bonds.